The Balaban J connectivity index is 1.38. The summed E-state index contributed by atoms with van der Waals surface area (Å²) in [7, 11) is 0. The Hall–Kier alpha value is -4.40. The molecule has 2 heteroatoms. The van der Waals surface area contributed by atoms with Crippen molar-refractivity contribution in [2.45, 2.75) is 0 Å². The maximum absolute atomic E-state index is 3.53. The molecule has 0 fully saturated rings. The average molecular weight is 553 g/mol. The summed E-state index contributed by atoms with van der Waals surface area (Å²) in [5.74, 6) is 0. The standard InChI is InChI=1S/C36H26BrN/c37-33-19-11-29(12-20-33)32-17-25-36(26-18-32)38(34-21-13-30(14-22-34)27-7-3-1-4-8-27)35-23-15-31(16-24-35)28-9-5-2-6-10-28/h1-26H. The summed E-state index contributed by atoms with van der Waals surface area (Å²) in [6, 6.07) is 55.9. The van der Waals surface area contributed by atoms with E-state index in [4.69, 9.17) is 0 Å². The van der Waals surface area contributed by atoms with E-state index in [9.17, 15) is 0 Å². The van der Waals surface area contributed by atoms with Gasteiger partial charge < -0.3 is 4.90 Å². The van der Waals surface area contributed by atoms with Gasteiger partial charge in [-0.25, -0.2) is 0 Å². The van der Waals surface area contributed by atoms with Crippen molar-refractivity contribution < 1.29 is 0 Å². The maximum Gasteiger partial charge on any atom is 0.0462 e. The summed E-state index contributed by atoms with van der Waals surface area (Å²) in [5.41, 5.74) is 10.6. The SMILES string of the molecule is Brc1ccc(-c2ccc(N(c3ccc(-c4ccccc4)cc3)c3ccc(-c4ccccc4)cc3)cc2)cc1. The second kappa shape index (κ2) is 10.9. The number of benzene rings is 6. The van der Waals surface area contributed by atoms with Crippen LogP contribution in [0.2, 0.25) is 0 Å². The molecule has 1 nitrogen and oxygen atoms in total. The summed E-state index contributed by atoms with van der Waals surface area (Å²) < 4.78 is 1.09. The third kappa shape index (κ3) is 5.18. The molecule has 0 spiro atoms. The molecular formula is C36H26BrN. The molecule has 0 heterocycles. The van der Waals surface area contributed by atoms with E-state index in [1.54, 1.807) is 0 Å². The van der Waals surface area contributed by atoms with E-state index in [0.29, 0.717) is 0 Å². The van der Waals surface area contributed by atoms with Crippen LogP contribution >= 0.6 is 15.9 Å². The van der Waals surface area contributed by atoms with Crippen LogP contribution in [0.5, 0.6) is 0 Å². The Labute approximate surface area is 232 Å². The van der Waals surface area contributed by atoms with Crippen molar-refractivity contribution in [1.82, 2.24) is 0 Å². The lowest BCUT2D eigenvalue weighted by atomic mass is 10.0. The van der Waals surface area contributed by atoms with E-state index in [1.165, 1.54) is 33.4 Å². The summed E-state index contributed by atoms with van der Waals surface area (Å²) in [4.78, 5) is 2.31. The van der Waals surface area contributed by atoms with E-state index in [-0.39, 0.29) is 0 Å². The van der Waals surface area contributed by atoms with Crippen LogP contribution < -0.4 is 4.90 Å². The first kappa shape index (κ1) is 24.0. The molecular weight excluding hydrogens is 526 g/mol. The zero-order chi connectivity index (χ0) is 25.7. The van der Waals surface area contributed by atoms with Crippen molar-refractivity contribution in [1.29, 1.82) is 0 Å². The Morgan fingerprint density at radius 1 is 0.289 bits per heavy atom. The molecule has 38 heavy (non-hydrogen) atoms. The minimum Gasteiger partial charge on any atom is -0.311 e. The molecule has 0 aliphatic carbocycles. The summed E-state index contributed by atoms with van der Waals surface area (Å²) in [6.07, 6.45) is 0. The molecule has 0 bridgehead atoms. The maximum atomic E-state index is 3.53. The largest absolute Gasteiger partial charge is 0.311 e. The fourth-order valence-electron chi connectivity index (χ4n) is 4.76. The molecule has 0 atom stereocenters. The normalized spacial score (nSPS) is 10.8. The Morgan fingerprint density at radius 3 is 0.868 bits per heavy atom. The van der Waals surface area contributed by atoms with Gasteiger partial charge in [0.15, 0.2) is 0 Å². The fourth-order valence-corrected chi connectivity index (χ4v) is 5.02. The lowest BCUT2D eigenvalue weighted by Crippen LogP contribution is -2.09. The Bertz CT molecular complexity index is 1520. The molecule has 6 aromatic rings. The number of hydrogen-bond donors (Lipinski definition) is 0. The van der Waals surface area contributed by atoms with Gasteiger partial charge in [-0.3, -0.25) is 0 Å². The van der Waals surface area contributed by atoms with E-state index < -0.39 is 0 Å². The van der Waals surface area contributed by atoms with Gasteiger partial charge in [0.2, 0.25) is 0 Å². The molecule has 0 aliphatic heterocycles. The monoisotopic (exact) mass is 551 g/mol. The first-order chi connectivity index (χ1) is 18.7. The van der Waals surface area contributed by atoms with Gasteiger partial charge in [0.25, 0.3) is 0 Å². The van der Waals surface area contributed by atoms with E-state index >= 15 is 0 Å². The highest BCUT2D eigenvalue weighted by atomic mass is 79.9. The van der Waals surface area contributed by atoms with E-state index in [2.05, 4.69) is 179 Å². The quantitative estimate of drug-likeness (QED) is 0.199. The third-order valence-electron chi connectivity index (χ3n) is 6.77. The van der Waals surface area contributed by atoms with Crippen LogP contribution in [-0.4, -0.2) is 0 Å². The van der Waals surface area contributed by atoms with Crippen molar-refractivity contribution in [3.8, 4) is 33.4 Å². The molecule has 0 saturated carbocycles. The summed E-state index contributed by atoms with van der Waals surface area (Å²) >= 11 is 3.53. The lowest BCUT2D eigenvalue weighted by Gasteiger charge is -2.26. The molecule has 0 radical (unpaired) electrons. The molecule has 0 aliphatic rings. The molecule has 6 rings (SSSR count). The van der Waals surface area contributed by atoms with Crippen molar-refractivity contribution in [3.63, 3.8) is 0 Å². The first-order valence-electron chi connectivity index (χ1n) is 12.7. The minimum absolute atomic E-state index is 1.09. The van der Waals surface area contributed by atoms with Crippen LogP contribution in [0.1, 0.15) is 0 Å². The molecule has 0 aromatic heterocycles. The van der Waals surface area contributed by atoms with Gasteiger partial charge in [0.05, 0.1) is 0 Å². The zero-order valence-corrected chi connectivity index (χ0v) is 22.4. The van der Waals surface area contributed by atoms with Crippen LogP contribution in [0.15, 0.2) is 162 Å². The van der Waals surface area contributed by atoms with Crippen molar-refractivity contribution in [2.75, 3.05) is 4.90 Å². The lowest BCUT2D eigenvalue weighted by molar-refractivity contribution is 1.28. The molecule has 182 valence electrons. The molecule has 6 aromatic carbocycles. The number of halogens is 1. The number of anilines is 3. The van der Waals surface area contributed by atoms with Gasteiger partial charge in [-0.2, -0.15) is 0 Å². The Kier molecular flexibility index (Phi) is 6.89. The van der Waals surface area contributed by atoms with Gasteiger partial charge in [0, 0.05) is 21.5 Å². The number of nitrogens with zero attached hydrogens (tertiary/aromatic N) is 1. The summed E-state index contributed by atoms with van der Waals surface area (Å²) in [6.45, 7) is 0. The van der Waals surface area contributed by atoms with Gasteiger partial charge >= 0.3 is 0 Å². The van der Waals surface area contributed by atoms with Crippen LogP contribution in [-0.2, 0) is 0 Å². The van der Waals surface area contributed by atoms with Crippen molar-refractivity contribution in [3.05, 3.63) is 162 Å². The third-order valence-corrected chi connectivity index (χ3v) is 7.30. The molecule has 0 saturated heterocycles. The highest BCUT2D eigenvalue weighted by molar-refractivity contribution is 9.10. The zero-order valence-electron chi connectivity index (χ0n) is 20.8. The number of rotatable bonds is 6. The van der Waals surface area contributed by atoms with E-state index in [0.717, 1.165) is 21.5 Å². The summed E-state index contributed by atoms with van der Waals surface area (Å²) in [5, 5.41) is 0. The molecule has 0 N–H and O–H groups in total. The van der Waals surface area contributed by atoms with Crippen molar-refractivity contribution >= 4 is 33.0 Å². The van der Waals surface area contributed by atoms with Gasteiger partial charge in [-0.1, -0.05) is 125 Å². The topological polar surface area (TPSA) is 3.24 Å². The molecule has 0 unspecified atom stereocenters. The molecule has 0 amide bonds. The van der Waals surface area contributed by atoms with Crippen LogP contribution in [0.4, 0.5) is 17.1 Å². The van der Waals surface area contributed by atoms with Crippen molar-refractivity contribution in [2.24, 2.45) is 0 Å². The second-order valence-corrected chi connectivity index (χ2v) is 10.1. The van der Waals surface area contributed by atoms with Crippen LogP contribution in [0.25, 0.3) is 33.4 Å². The smallest absolute Gasteiger partial charge is 0.0462 e. The fraction of sp³-hybridized carbons (Fsp3) is 0. The average Bonchev–Trinajstić information content (AvgIpc) is 3.00. The van der Waals surface area contributed by atoms with Crippen LogP contribution in [0.3, 0.4) is 0 Å². The first-order valence-corrected chi connectivity index (χ1v) is 13.5. The van der Waals surface area contributed by atoms with Crippen LogP contribution in [0, 0.1) is 0 Å². The Morgan fingerprint density at radius 2 is 0.553 bits per heavy atom. The predicted octanol–water partition coefficient (Wildman–Crippen LogP) is 10.9. The van der Waals surface area contributed by atoms with Gasteiger partial charge in [0.1, 0.15) is 0 Å². The highest BCUT2D eigenvalue weighted by Crippen LogP contribution is 2.37. The number of hydrogen-bond acceptors (Lipinski definition) is 1. The minimum atomic E-state index is 1.09. The van der Waals surface area contributed by atoms with Gasteiger partial charge in [-0.15, -0.1) is 0 Å². The van der Waals surface area contributed by atoms with Gasteiger partial charge in [-0.05, 0) is 81.9 Å². The predicted molar refractivity (Wildman–Crippen MR) is 165 cm³/mol. The second-order valence-electron chi connectivity index (χ2n) is 9.21. The van der Waals surface area contributed by atoms with E-state index in [1.807, 2.05) is 0 Å². The highest BCUT2D eigenvalue weighted by Gasteiger charge is 2.13.